The number of aromatic nitrogens is 2. The van der Waals surface area contributed by atoms with E-state index in [1.165, 1.54) is 36.8 Å². The van der Waals surface area contributed by atoms with Crippen molar-refractivity contribution in [2.24, 2.45) is 0 Å². The van der Waals surface area contributed by atoms with Crippen LogP contribution in [0.5, 0.6) is 0 Å². The fraction of sp³-hybridized carbons (Fsp3) is 0. The van der Waals surface area contributed by atoms with Crippen LogP contribution in [-0.2, 0) is 0 Å². The second kappa shape index (κ2) is 6.64. The number of aromatic carboxylic acids is 1. The molecule has 3 aromatic rings. The normalized spacial score (nSPS) is 10.4. The van der Waals surface area contributed by atoms with Gasteiger partial charge in [-0.2, -0.15) is 0 Å². The van der Waals surface area contributed by atoms with Crippen molar-refractivity contribution in [3.63, 3.8) is 0 Å². The van der Waals surface area contributed by atoms with Gasteiger partial charge in [0.25, 0.3) is 0 Å². The molecule has 0 aliphatic rings. The van der Waals surface area contributed by atoms with Gasteiger partial charge in [0.15, 0.2) is 0 Å². The van der Waals surface area contributed by atoms with E-state index in [9.17, 15) is 14.3 Å². The molecule has 0 saturated heterocycles. The smallest absolute Gasteiger partial charge is 0.339 e. The topological polar surface area (TPSA) is 75.1 Å². The van der Waals surface area contributed by atoms with Crippen LogP contribution >= 0.6 is 11.6 Å². The third-order valence-electron chi connectivity index (χ3n) is 3.29. The van der Waals surface area contributed by atoms with Gasteiger partial charge in [-0.15, -0.1) is 0 Å². The van der Waals surface area contributed by atoms with Crippen molar-refractivity contribution in [2.45, 2.75) is 0 Å². The average molecular weight is 344 g/mol. The Labute approximate surface area is 141 Å². The maximum Gasteiger partial charge on any atom is 0.339 e. The Hall–Kier alpha value is -2.99. The largest absolute Gasteiger partial charge is 0.478 e. The number of carboxylic acid groups (broad SMARTS) is 1. The van der Waals surface area contributed by atoms with E-state index in [4.69, 9.17) is 11.6 Å². The first kappa shape index (κ1) is 15.9. The van der Waals surface area contributed by atoms with Crippen LogP contribution < -0.4 is 5.32 Å². The molecule has 2 N–H and O–H groups in total. The van der Waals surface area contributed by atoms with Crippen LogP contribution in [0.15, 0.2) is 55.0 Å². The highest BCUT2D eigenvalue weighted by Crippen LogP contribution is 2.27. The average Bonchev–Trinajstić information content (AvgIpc) is 2.57. The lowest BCUT2D eigenvalue weighted by Gasteiger charge is -2.10. The molecule has 0 fully saturated rings. The van der Waals surface area contributed by atoms with Crippen LogP contribution in [0.25, 0.3) is 11.3 Å². The molecule has 0 amide bonds. The summed E-state index contributed by atoms with van der Waals surface area (Å²) in [4.78, 5) is 19.2. The highest BCUT2D eigenvalue weighted by atomic mass is 35.5. The molecule has 0 saturated carbocycles. The number of pyridine rings is 2. The van der Waals surface area contributed by atoms with E-state index in [2.05, 4.69) is 15.3 Å². The lowest BCUT2D eigenvalue weighted by Crippen LogP contribution is -2.03. The summed E-state index contributed by atoms with van der Waals surface area (Å²) in [5.41, 5.74) is 1.62. The Bertz CT molecular complexity index is 918. The molecule has 2 aromatic heterocycles. The van der Waals surface area contributed by atoms with Gasteiger partial charge in [0.05, 0.1) is 11.4 Å². The van der Waals surface area contributed by atoms with Gasteiger partial charge in [-0.3, -0.25) is 9.97 Å². The third-order valence-corrected chi connectivity index (χ3v) is 3.53. The minimum Gasteiger partial charge on any atom is -0.478 e. The molecule has 0 aliphatic carbocycles. The number of halogens is 2. The van der Waals surface area contributed by atoms with Crippen molar-refractivity contribution >= 4 is 28.9 Å². The molecule has 1 aromatic carbocycles. The molecular formula is C17H11ClFN3O2. The summed E-state index contributed by atoms with van der Waals surface area (Å²) in [6, 6.07) is 9.02. The fourth-order valence-electron chi connectivity index (χ4n) is 2.18. The standard InChI is InChI=1S/C17H11ClFN3O2/c18-10-1-2-14(19)12(7-10)16-8-11(3-6-21-16)22-15-4-5-20-9-13(15)17(23)24/h1-9H,(H,23,24)(H,20,21,22). The Kier molecular flexibility index (Phi) is 4.39. The van der Waals surface area contributed by atoms with Gasteiger partial charge in [-0.1, -0.05) is 11.6 Å². The number of nitrogens with zero attached hydrogens (tertiary/aromatic N) is 2. The molecule has 120 valence electrons. The monoisotopic (exact) mass is 343 g/mol. The van der Waals surface area contributed by atoms with Crippen molar-refractivity contribution in [2.75, 3.05) is 5.32 Å². The summed E-state index contributed by atoms with van der Waals surface area (Å²) >= 11 is 5.91. The van der Waals surface area contributed by atoms with Gasteiger partial charge < -0.3 is 10.4 Å². The van der Waals surface area contributed by atoms with E-state index < -0.39 is 11.8 Å². The molecule has 0 bridgehead atoms. The van der Waals surface area contributed by atoms with E-state index in [1.807, 2.05) is 0 Å². The Morgan fingerprint density at radius 2 is 2.00 bits per heavy atom. The minimum atomic E-state index is -1.10. The van der Waals surface area contributed by atoms with Gasteiger partial charge >= 0.3 is 5.97 Å². The van der Waals surface area contributed by atoms with Crippen molar-refractivity contribution in [3.05, 3.63) is 71.4 Å². The first-order valence-corrected chi connectivity index (χ1v) is 7.28. The Balaban J connectivity index is 1.97. The van der Waals surface area contributed by atoms with Crippen LogP contribution in [0.3, 0.4) is 0 Å². The van der Waals surface area contributed by atoms with Crippen LogP contribution in [0.1, 0.15) is 10.4 Å². The van der Waals surface area contributed by atoms with Gasteiger partial charge in [-0.25, -0.2) is 9.18 Å². The van der Waals surface area contributed by atoms with Crippen molar-refractivity contribution in [3.8, 4) is 11.3 Å². The van der Waals surface area contributed by atoms with E-state index in [0.717, 1.165) is 0 Å². The van der Waals surface area contributed by atoms with E-state index >= 15 is 0 Å². The van der Waals surface area contributed by atoms with Crippen molar-refractivity contribution in [1.82, 2.24) is 9.97 Å². The van der Waals surface area contributed by atoms with Gasteiger partial charge in [0, 0.05) is 34.9 Å². The number of carbonyl (C=O) groups is 1. The van der Waals surface area contributed by atoms with Gasteiger partial charge in [0.2, 0.25) is 0 Å². The molecule has 0 atom stereocenters. The molecule has 7 heteroatoms. The SMILES string of the molecule is O=C(O)c1cnccc1Nc1ccnc(-c2cc(Cl)ccc2F)c1. The molecule has 0 aliphatic heterocycles. The van der Waals surface area contributed by atoms with E-state index in [0.29, 0.717) is 22.1 Å². The summed E-state index contributed by atoms with van der Waals surface area (Å²) in [6.45, 7) is 0. The van der Waals surface area contributed by atoms with E-state index in [-0.39, 0.29) is 11.1 Å². The van der Waals surface area contributed by atoms with Crippen LogP contribution in [-0.4, -0.2) is 21.0 Å². The first-order valence-electron chi connectivity index (χ1n) is 6.90. The minimum absolute atomic E-state index is 0.0322. The third kappa shape index (κ3) is 3.33. The van der Waals surface area contributed by atoms with Crippen LogP contribution in [0.4, 0.5) is 15.8 Å². The predicted octanol–water partition coefficient (Wildman–Crippen LogP) is 4.38. The van der Waals surface area contributed by atoms with Crippen LogP contribution in [0.2, 0.25) is 5.02 Å². The van der Waals surface area contributed by atoms with Crippen molar-refractivity contribution < 1.29 is 14.3 Å². The zero-order valence-corrected chi connectivity index (χ0v) is 13.0. The molecule has 24 heavy (non-hydrogen) atoms. The molecule has 0 spiro atoms. The molecule has 5 nitrogen and oxygen atoms in total. The molecule has 0 radical (unpaired) electrons. The van der Waals surface area contributed by atoms with Gasteiger partial charge in [-0.05, 0) is 36.4 Å². The number of anilines is 2. The predicted molar refractivity (Wildman–Crippen MR) is 89.1 cm³/mol. The van der Waals surface area contributed by atoms with Crippen LogP contribution in [0, 0.1) is 5.82 Å². The zero-order valence-electron chi connectivity index (χ0n) is 12.2. The summed E-state index contributed by atoms with van der Waals surface area (Å²) in [5.74, 6) is -1.54. The Morgan fingerprint density at radius 1 is 1.17 bits per heavy atom. The highest BCUT2D eigenvalue weighted by Gasteiger charge is 2.12. The van der Waals surface area contributed by atoms with Gasteiger partial charge in [0.1, 0.15) is 11.4 Å². The zero-order chi connectivity index (χ0) is 17.1. The second-order valence-corrected chi connectivity index (χ2v) is 5.34. The number of rotatable bonds is 4. The van der Waals surface area contributed by atoms with E-state index in [1.54, 1.807) is 18.2 Å². The lowest BCUT2D eigenvalue weighted by atomic mass is 10.1. The quantitative estimate of drug-likeness (QED) is 0.735. The molecule has 3 rings (SSSR count). The van der Waals surface area contributed by atoms with Crippen molar-refractivity contribution in [1.29, 1.82) is 0 Å². The summed E-state index contributed by atoms with van der Waals surface area (Å²) in [6.07, 6.45) is 4.23. The Morgan fingerprint density at radius 3 is 2.79 bits per heavy atom. The lowest BCUT2D eigenvalue weighted by molar-refractivity contribution is 0.0697. The number of carboxylic acids is 1. The number of hydrogen-bond acceptors (Lipinski definition) is 4. The molecular weight excluding hydrogens is 333 g/mol. The summed E-state index contributed by atoms with van der Waals surface area (Å²) in [5, 5.41) is 12.6. The fourth-order valence-corrected chi connectivity index (χ4v) is 2.35. The first-order chi connectivity index (χ1) is 11.5. The molecule has 2 heterocycles. The number of hydrogen-bond donors (Lipinski definition) is 2. The summed E-state index contributed by atoms with van der Waals surface area (Å²) < 4.78 is 14.0. The maximum absolute atomic E-state index is 14.0. The maximum atomic E-state index is 14.0. The number of benzene rings is 1. The second-order valence-electron chi connectivity index (χ2n) is 4.91. The number of nitrogens with one attached hydrogen (secondary N) is 1. The molecule has 0 unspecified atom stereocenters. The summed E-state index contributed by atoms with van der Waals surface area (Å²) in [7, 11) is 0. The highest BCUT2D eigenvalue weighted by molar-refractivity contribution is 6.30.